The van der Waals surface area contributed by atoms with Gasteiger partial charge in [-0.25, -0.2) is 4.98 Å². The Morgan fingerprint density at radius 2 is 1.91 bits per heavy atom. The summed E-state index contributed by atoms with van der Waals surface area (Å²) in [6, 6.07) is 14.4. The average Bonchev–Trinajstić information content (AvgIpc) is 3.53. The van der Waals surface area contributed by atoms with Crippen LogP contribution in [0.25, 0.3) is 5.82 Å². The first-order valence-electron chi connectivity index (χ1n) is 10.6. The van der Waals surface area contributed by atoms with Gasteiger partial charge >= 0.3 is 0 Å². The van der Waals surface area contributed by atoms with Gasteiger partial charge in [0.15, 0.2) is 12.4 Å². The molecule has 0 saturated heterocycles. The van der Waals surface area contributed by atoms with Crippen LogP contribution in [-0.2, 0) is 15.0 Å². The highest BCUT2D eigenvalue weighted by molar-refractivity contribution is 5.94. The van der Waals surface area contributed by atoms with Gasteiger partial charge < -0.3 is 15.4 Å². The summed E-state index contributed by atoms with van der Waals surface area (Å²) in [6.45, 7) is 5.99. The lowest BCUT2D eigenvalue weighted by molar-refractivity contribution is -0.118. The minimum Gasteiger partial charge on any atom is -0.484 e. The molecule has 3 aromatic rings. The maximum atomic E-state index is 12.6. The van der Waals surface area contributed by atoms with Crippen LogP contribution >= 0.6 is 0 Å². The number of pyridine rings is 1. The topological polar surface area (TPSA) is 98.1 Å². The molecule has 0 bridgehead atoms. The van der Waals surface area contributed by atoms with Gasteiger partial charge in [-0.2, -0.15) is 9.78 Å². The summed E-state index contributed by atoms with van der Waals surface area (Å²) in [6.07, 6.45) is 3.56. The molecule has 8 heteroatoms. The van der Waals surface area contributed by atoms with Crippen molar-refractivity contribution in [1.82, 2.24) is 14.8 Å². The van der Waals surface area contributed by atoms with E-state index in [1.54, 1.807) is 35.1 Å². The molecule has 4 rings (SSSR count). The van der Waals surface area contributed by atoms with Crippen molar-refractivity contribution in [2.45, 2.75) is 39.0 Å². The van der Waals surface area contributed by atoms with Gasteiger partial charge in [0.05, 0.1) is 5.69 Å². The SMILES string of the molecule is CC(C)(C)c1cc(NC(=O)COc2cccc(NC(=O)C3CC3)c2)n(-c2ccccn2)n1. The molecule has 0 spiro atoms. The van der Waals surface area contributed by atoms with Gasteiger partial charge in [-0.3, -0.25) is 9.59 Å². The molecule has 0 aliphatic heterocycles. The highest BCUT2D eigenvalue weighted by Gasteiger charge is 2.29. The highest BCUT2D eigenvalue weighted by Crippen LogP contribution is 2.30. The number of nitrogens with one attached hydrogen (secondary N) is 2. The predicted octanol–water partition coefficient (Wildman–Crippen LogP) is 3.93. The minimum absolute atomic E-state index is 0.0253. The summed E-state index contributed by atoms with van der Waals surface area (Å²) in [5.41, 5.74) is 1.29. The molecular weight excluding hydrogens is 406 g/mol. The van der Waals surface area contributed by atoms with Crippen molar-refractivity contribution in [3.05, 3.63) is 60.4 Å². The molecule has 8 nitrogen and oxygen atoms in total. The number of hydrogen-bond acceptors (Lipinski definition) is 5. The van der Waals surface area contributed by atoms with Crippen LogP contribution in [0.1, 0.15) is 39.3 Å². The molecule has 0 radical (unpaired) electrons. The van der Waals surface area contributed by atoms with Gasteiger partial charge in [0.1, 0.15) is 11.6 Å². The number of carbonyl (C=O) groups excluding carboxylic acids is 2. The first-order valence-corrected chi connectivity index (χ1v) is 10.6. The number of ether oxygens (including phenoxy) is 1. The number of hydrogen-bond donors (Lipinski definition) is 2. The van der Waals surface area contributed by atoms with Crippen LogP contribution in [0.15, 0.2) is 54.7 Å². The van der Waals surface area contributed by atoms with Crippen molar-refractivity contribution in [3.63, 3.8) is 0 Å². The quantitative estimate of drug-likeness (QED) is 0.588. The molecule has 32 heavy (non-hydrogen) atoms. The summed E-state index contributed by atoms with van der Waals surface area (Å²) in [4.78, 5) is 28.9. The van der Waals surface area contributed by atoms with Gasteiger partial charge in [0.2, 0.25) is 5.91 Å². The zero-order valence-corrected chi connectivity index (χ0v) is 18.5. The lowest BCUT2D eigenvalue weighted by Gasteiger charge is -2.13. The number of nitrogens with zero attached hydrogens (tertiary/aromatic N) is 3. The van der Waals surface area contributed by atoms with Crippen LogP contribution in [0.3, 0.4) is 0 Å². The lowest BCUT2D eigenvalue weighted by Crippen LogP contribution is -2.22. The van der Waals surface area contributed by atoms with E-state index in [9.17, 15) is 9.59 Å². The maximum absolute atomic E-state index is 12.6. The van der Waals surface area contributed by atoms with E-state index >= 15 is 0 Å². The molecule has 2 aromatic heterocycles. The molecule has 0 atom stereocenters. The number of amides is 2. The molecule has 1 saturated carbocycles. The molecule has 2 N–H and O–H groups in total. The van der Waals surface area contributed by atoms with E-state index in [2.05, 4.69) is 41.5 Å². The van der Waals surface area contributed by atoms with Gasteiger partial charge in [-0.05, 0) is 37.1 Å². The molecule has 1 fully saturated rings. The van der Waals surface area contributed by atoms with E-state index in [-0.39, 0.29) is 29.8 Å². The molecular formula is C24H27N5O3. The number of aromatic nitrogens is 3. The summed E-state index contributed by atoms with van der Waals surface area (Å²) < 4.78 is 7.27. The molecule has 1 aliphatic rings. The number of rotatable bonds is 7. The standard InChI is InChI=1S/C24H27N5O3/c1-24(2,3)19-14-21(29(28-19)20-9-4-5-12-25-20)27-22(30)15-32-18-8-6-7-17(13-18)26-23(31)16-10-11-16/h4-9,12-14,16H,10-11,15H2,1-3H3,(H,26,31)(H,27,30). The zero-order chi connectivity index (χ0) is 22.7. The first-order chi connectivity index (χ1) is 15.3. The Labute approximate surface area is 187 Å². The van der Waals surface area contributed by atoms with Crippen molar-refractivity contribution < 1.29 is 14.3 Å². The Morgan fingerprint density at radius 3 is 2.59 bits per heavy atom. The molecule has 166 valence electrons. The van der Waals surface area contributed by atoms with Crippen molar-refractivity contribution in [2.24, 2.45) is 5.92 Å². The van der Waals surface area contributed by atoms with E-state index in [0.29, 0.717) is 23.1 Å². The summed E-state index contributed by atoms with van der Waals surface area (Å²) in [7, 11) is 0. The fourth-order valence-electron chi connectivity index (χ4n) is 3.07. The van der Waals surface area contributed by atoms with Crippen LogP contribution in [0.4, 0.5) is 11.5 Å². The van der Waals surface area contributed by atoms with E-state index < -0.39 is 0 Å². The Balaban J connectivity index is 1.43. The van der Waals surface area contributed by atoms with Crippen LogP contribution in [0.2, 0.25) is 0 Å². The number of anilines is 2. The van der Waals surface area contributed by atoms with Crippen molar-refractivity contribution in [1.29, 1.82) is 0 Å². The summed E-state index contributed by atoms with van der Waals surface area (Å²) in [5.74, 6) is 1.45. The monoisotopic (exact) mass is 433 g/mol. The van der Waals surface area contributed by atoms with E-state index in [4.69, 9.17) is 4.74 Å². The van der Waals surface area contributed by atoms with Gasteiger partial charge in [0, 0.05) is 35.3 Å². The van der Waals surface area contributed by atoms with Crippen molar-refractivity contribution in [3.8, 4) is 11.6 Å². The van der Waals surface area contributed by atoms with E-state index in [1.165, 1.54) is 0 Å². The van der Waals surface area contributed by atoms with E-state index in [1.807, 2.05) is 24.3 Å². The first kappa shape index (κ1) is 21.5. The van der Waals surface area contributed by atoms with Gasteiger partial charge in [-0.1, -0.05) is 32.9 Å². The third kappa shape index (κ3) is 5.32. The van der Waals surface area contributed by atoms with Crippen molar-refractivity contribution in [2.75, 3.05) is 17.2 Å². The Hall–Kier alpha value is -3.68. The average molecular weight is 434 g/mol. The normalized spacial score (nSPS) is 13.5. The minimum atomic E-state index is -0.324. The van der Waals surface area contributed by atoms with Crippen molar-refractivity contribution >= 4 is 23.3 Å². The molecule has 2 amide bonds. The highest BCUT2D eigenvalue weighted by atomic mass is 16.5. The van der Waals surface area contributed by atoms with Crippen LogP contribution < -0.4 is 15.4 Å². The second-order valence-corrected chi connectivity index (χ2v) is 8.89. The van der Waals surface area contributed by atoms with Gasteiger partial charge in [-0.15, -0.1) is 0 Å². The Bertz CT molecular complexity index is 1110. The molecule has 2 heterocycles. The maximum Gasteiger partial charge on any atom is 0.263 e. The number of carbonyl (C=O) groups is 2. The van der Waals surface area contributed by atoms with Crippen LogP contribution in [0, 0.1) is 5.92 Å². The third-order valence-corrected chi connectivity index (χ3v) is 5.03. The Morgan fingerprint density at radius 1 is 1.09 bits per heavy atom. The molecule has 0 unspecified atom stereocenters. The van der Waals surface area contributed by atoms with Gasteiger partial charge in [0.25, 0.3) is 5.91 Å². The predicted molar refractivity (Wildman–Crippen MR) is 122 cm³/mol. The molecule has 1 aliphatic carbocycles. The summed E-state index contributed by atoms with van der Waals surface area (Å²) >= 11 is 0. The lowest BCUT2D eigenvalue weighted by atomic mass is 9.92. The van der Waals surface area contributed by atoms with Crippen LogP contribution in [0.5, 0.6) is 5.75 Å². The molecule has 1 aromatic carbocycles. The fourth-order valence-corrected chi connectivity index (χ4v) is 3.07. The largest absolute Gasteiger partial charge is 0.484 e. The second-order valence-electron chi connectivity index (χ2n) is 8.89. The smallest absolute Gasteiger partial charge is 0.263 e. The second kappa shape index (κ2) is 8.82. The van der Waals surface area contributed by atoms with E-state index in [0.717, 1.165) is 18.5 Å². The number of benzene rings is 1. The summed E-state index contributed by atoms with van der Waals surface area (Å²) in [5, 5.41) is 10.4. The third-order valence-electron chi connectivity index (χ3n) is 5.03. The fraction of sp³-hybridized carbons (Fsp3) is 0.333. The zero-order valence-electron chi connectivity index (χ0n) is 18.5. The Kier molecular flexibility index (Phi) is 5.94. The van der Waals surface area contributed by atoms with Crippen LogP contribution in [-0.4, -0.2) is 33.2 Å².